The first kappa shape index (κ1) is 17.0. The number of rotatable bonds is 5. The number of benzene rings is 1. The van der Waals surface area contributed by atoms with E-state index < -0.39 is 0 Å². The van der Waals surface area contributed by atoms with Gasteiger partial charge >= 0.3 is 0 Å². The van der Waals surface area contributed by atoms with Gasteiger partial charge in [0.1, 0.15) is 0 Å². The van der Waals surface area contributed by atoms with Crippen LogP contribution in [0, 0.1) is 5.41 Å². The van der Waals surface area contributed by atoms with Crippen molar-refractivity contribution in [3.63, 3.8) is 0 Å². The second kappa shape index (κ2) is 6.58. The highest BCUT2D eigenvalue weighted by molar-refractivity contribution is 5.51. The molecule has 0 aliphatic rings. The Balaban J connectivity index is 2.73. The molecule has 0 bridgehead atoms. The normalized spacial score (nSPS) is 13.4. The minimum Gasteiger partial charge on any atom is -0.375 e. The minimum atomic E-state index is -0.0807. The van der Waals surface area contributed by atoms with Crippen molar-refractivity contribution >= 4 is 6.08 Å². The van der Waals surface area contributed by atoms with Crippen LogP contribution in [-0.4, -0.2) is 12.2 Å². The molecular formula is C19H30O. The van der Waals surface area contributed by atoms with E-state index in [1.807, 2.05) is 0 Å². The van der Waals surface area contributed by atoms with E-state index in [1.54, 1.807) is 0 Å². The number of hydrogen-bond donors (Lipinski definition) is 0. The van der Waals surface area contributed by atoms with Crippen LogP contribution in [0.5, 0.6) is 0 Å². The lowest BCUT2D eigenvalue weighted by molar-refractivity contribution is -0.0314. The van der Waals surface area contributed by atoms with Crippen LogP contribution >= 0.6 is 0 Å². The van der Waals surface area contributed by atoms with Gasteiger partial charge in [-0.1, -0.05) is 64.1 Å². The van der Waals surface area contributed by atoms with E-state index >= 15 is 0 Å². The highest BCUT2D eigenvalue weighted by Crippen LogP contribution is 2.23. The number of hydrogen-bond acceptors (Lipinski definition) is 1. The SMILES string of the molecule is CC(C)c1cccc(/C=C/C(C)(C)COC(C)(C)C)c1. The van der Waals surface area contributed by atoms with Crippen molar-refractivity contribution in [1.82, 2.24) is 0 Å². The summed E-state index contributed by atoms with van der Waals surface area (Å²) in [5.74, 6) is 0.570. The van der Waals surface area contributed by atoms with Crippen LogP contribution in [0.15, 0.2) is 30.3 Å². The first-order valence-corrected chi connectivity index (χ1v) is 7.52. The summed E-state index contributed by atoms with van der Waals surface area (Å²) >= 11 is 0. The van der Waals surface area contributed by atoms with Gasteiger partial charge in [0, 0.05) is 5.41 Å². The van der Waals surface area contributed by atoms with Gasteiger partial charge in [-0.3, -0.25) is 0 Å². The van der Waals surface area contributed by atoms with Crippen molar-refractivity contribution in [3.05, 3.63) is 41.5 Å². The molecule has 0 unspecified atom stereocenters. The Labute approximate surface area is 125 Å². The summed E-state index contributed by atoms with van der Waals surface area (Å²) in [5.41, 5.74) is 2.61. The van der Waals surface area contributed by atoms with Crippen molar-refractivity contribution in [2.24, 2.45) is 5.41 Å². The maximum atomic E-state index is 5.89. The zero-order valence-corrected chi connectivity index (χ0v) is 14.2. The first-order valence-electron chi connectivity index (χ1n) is 7.52. The highest BCUT2D eigenvalue weighted by atomic mass is 16.5. The molecule has 0 radical (unpaired) electrons. The molecule has 1 nitrogen and oxygen atoms in total. The highest BCUT2D eigenvalue weighted by Gasteiger charge is 2.19. The second-order valence-electron chi connectivity index (χ2n) is 7.55. The molecule has 0 heterocycles. The quantitative estimate of drug-likeness (QED) is 0.672. The van der Waals surface area contributed by atoms with Crippen LogP contribution in [-0.2, 0) is 4.74 Å². The van der Waals surface area contributed by atoms with Crippen molar-refractivity contribution in [3.8, 4) is 0 Å². The molecule has 0 fully saturated rings. The Kier molecular flexibility index (Phi) is 5.59. The monoisotopic (exact) mass is 274 g/mol. The molecular weight excluding hydrogens is 244 g/mol. The van der Waals surface area contributed by atoms with E-state index in [0.29, 0.717) is 5.92 Å². The molecule has 1 aromatic rings. The Morgan fingerprint density at radius 2 is 1.75 bits per heavy atom. The average molecular weight is 274 g/mol. The molecule has 0 saturated carbocycles. The second-order valence-corrected chi connectivity index (χ2v) is 7.55. The van der Waals surface area contributed by atoms with Crippen LogP contribution in [0.1, 0.15) is 65.5 Å². The predicted octanol–water partition coefficient (Wildman–Crippen LogP) is 5.66. The van der Waals surface area contributed by atoms with Crippen LogP contribution in [0.4, 0.5) is 0 Å². The predicted molar refractivity (Wildman–Crippen MR) is 89.1 cm³/mol. The summed E-state index contributed by atoms with van der Waals surface area (Å²) in [4.78, 5) is 0. The molecule has 0 aromatic heterocycles. The maximum Gasteiger partial charge on any atom is 0.0598 e. The molecule has 0 spiro atoms. The standard InChI is InChI=1S/C19H30O/c1-15(2)17-10-8-9-16(13-17)11-12-19(6,7)14-20-18(3,4)5/h8-13,15H,14H2,1-7H3/b12-11+. The Morgan fingerprint density at radius 1 is 1.10 bits per heavy atom. The fourth-order valence-corrected chi connectivity index (χ4v) is 1.79. The summed E-state index contributed by atoms with van der Waals surface area (Å²) in [7, 11) is 0. The molecule has 20 heavy (non-hydrogen) atoms. The summed E-state index contributed by atoms with van der Waals surface area (Å²) in [6, 6.07) is 8.74. The van der Waals surface area contributed by atoms with Gasteiger partial charge in [0.25, 0.3) is 0 Å². The molecule has 0 N–H and O–H groups in total. The summed E-state index contributed by atoms with van der Waals surface area (Å²) in [6.45, 7) is 15.9. The lowest BCUT2D eigenvalue weighted by atomic mass is 9.92. The van der Waals surface area contributed by atoms with E-state index in [1.165, 1.54) is 11.1 Å². The van der Waals surface area contributed by atoms with Crippen LogP contribution in [0.3, 0.4) is 0 Å². The summed E-state index contributed by atoms with van der Waals surface area (Å²) in [6.07, 6.45) is 4.45. The Bertz CT molecular complexity index is 447. The first-order chi connectivity index (χ1) is 9.09. The zero-order valence-electron chi connectivity index (χ0n) is 14.2. The lowest BCUT2D eigenvalue weighted by Crippen LogP contribution is -2.26. The smallest absolute Gasteiger partial charge is 0.0598 e. The molecule has 112 valence electrons. The van der Waals surface area contributed by atoms with Crippen molar-refractivity contribution in [2.45, 2.75) is 60.0 Å². The topological polar surface area (TPSA) is 9.23 Å². The van der Waals surface area contributed by atoms with Crippen LogP contribution in [0.2, 0.25) is 0 Å². The third-order valence-corrected chi connectivity index (χ3v) is 3.18. The molecule has 1 rings (SSSR count). The van der Waals surface area contributed by atoms with E-state index in [4.69, 9.17) is 4.74 Å². The molecule has 0 aliphatic heterocycles. The molecule has 0 saturated heterocycles. The average Bonchev–Trinajstić information content (AvgIpc) is 2.34. The van der Waals surface area contributed by atoms with Crippen molar-refractivity contribution in [2.75, 3.05) is 6.61 Å². The lowest BCUT2D eigenvalue weighted by Gasteiger charge is -2.27. The fourth-order valence-electron chi connectivity index (χ4n) is 1.79. The van der Waals surface area contributed by atoms with Gasteiger partial charge in [0.2, 0.25) is 0 Å². The Morgan fingerprint density at radius 3 is 2.30 bits per heavy atom. The fraction of sp³-hybridized carbons (Fsp3) is 0.579. The van der Waals surface area contributed by atoms with Gasteiger partial charge in [0.15, 0.2) is 0 Å². The van der Waals surface area contributed by atoms with Gasteiger partial charge < -0.3 is 4.74 Å². The van der Waals surface area contributed by atoms with E-state index in [2.05, 4.69) is 84.9 Å². The molecule has 1 aromatic carbocycles. The largest absolute Gasteiger partial charge is 0.375 e. The molecule has 0 atom stereocenters. The van der Waals surface area contributed by atoms with Gasteiger partial charge in [-0.25, -0.2) is 0 Å². The van der Waals surface area contributed by atoms with Crippen molar-refractivity contribution < 1.29 is 4.74 Å². The summed E-state index contributed by atoms with van der Waals surface area (Å²) in [5, 5.41) is 0. The summed E-state index contributed by atoms with van der Waals surface area (Å²) < 4.78 is 5.89. The Hall–Kier alpha value is -1.08. The molecule has 1 heteroatoms. The minimum absolute atomic E-state index is 0.0428. The zero-order chi connectivity index (χ0) is 15.4. The van der Waals surface area contributed by atoms with E-state index in [0.717, 1.165) is 6.61 Å². The number of ether oxygens (including phenoxy) is 1. The van der Waals surface area contributed by atoms with E-state index in [-0.39, 0.29) is 11.0 Å². The van der Waals surface area contributed by atoms with Gasteiger partial charge in [-0.05, 0) is 37.8 Å². The van der Waals surface area contributed by atoms with Gasteiger partial charge in [-0.15, -0.1) is 0 Å². The third-order valence-electron chi connectivity index (χ3n) is 3.18. The molecule has 0 amide bonds. The maximum absolute atomic E-state index is 5.89. The third kappa shape index (κ3) is 6.38. The molecule has 0 aliphatic carbocycles. The van der Waals surface area contributed by atoms with Gasteiger partial charge in [0.05, 0.1) is 12.2 Å². The van der Waals surface area contributed by atoms with Crippen LogP contribution in [0.25, 0.3) is 6.08 Å². The van der Waals surface area contributed by atoms with Gasteiger partial charge in [-0.2, -0.15) is 0 Å². The van der Waals surface area contributed by atoms with Crippen LogP contribution < -0.4 is 0 Å². The van der Waals surface area contributed by atoms with E-state index in [9.17, 15) is 0 Å². The van der Waals surface area contributed by atoms with Crippen molar-refractivity contribution in [1.29, 1.82) is 0 Å².